The standard InChI is InChI=1S/C32H50N4O6/c37-27-23-29(39)35(25-17-11-9-12-18-25)31(41)33(27)21-15-7-5-3-1-2-4-6-8-16-22-34-28(38)24-30(40)36(32(34)42)26-19-13-10-14-20-26/h25-26H,1-24H2. The summed E-state index contributed by atoms with van der Waals surface area (Å²) in [5.74, 6) is -1.39. The maximum absolute atomic E-state index is 12.9. The summed E-state index contributed by atoms with van der Waals surface area (Å²) < 4.78 is 0. The van der Waals surface area contributed by atoms with E-state index in [9.17, 15) is 28.8 Å². The molecule has 4 fully saturated rings. The van der Waals surface area contributed by atoms with Crippen molar-refractivity contribution in [2.75, 3.05) is 13.1 Å². The number of carbonyl (C=O) groups is 6. The van der Waals surface area contributed by atoms with Crippen molar-refractivity contribution in [2.24, 2.45) is 0 Å². The van der Waals surface area contributed by atoms with E-state index in [1.165, 1.54) is 19.6 Å². The number of amides is 8. The second-order valence-corrected chi connectivity index (χ2v) is 12.7. The molecule has 0 aromatic carbocycles. The quantitative estimate of drug-likeness (QED) is 0.174. The molecule has 4 aliphatic rings. The van der Waals surface area contributed by atoms with Gasteiger partial charge < -0.3 is 0 Å². The lowest BCUT2D eigenvalue weighted by Gasteiger charge is -2.39. The topological polar surface area (TPSA) is 115 Å². The van der Waals surface area contributed by atoms with E-state index in [-0.39, 0.29) is 48.6 Å². The van der Waals surface area contributed by atoms with Crippen molar-refractivity contribution in [2.45, 2.75) is 153 Å². The van der Waals surface area contributed by atoms with Gasteiger partial charge in [-0.05, 0) is 38.5 Å². The number of rotatable bonds is 15. The molecule has 0 spiro atoms. The van der Waals surface area contributed by atoms with Crippen LogP contribution in [-0.4, -0.2) is 80.5 Å². The minimum atomic E-state index is -0.410. The van der Waals surface area contributed by atoms with Gasteiger partial charge in [-0.3, -0.25) is 38.8 Å². The van der Waals surface area contributed by atoms with Crippen LogP contribution in [0.2, 0.25) is 0 Å². The Morgan fingerprint density at radius 2 is 0.714 bits per heavy atom. The molecule has 0 unspecified atom stereocenters. The van der Waals surface area contributed by atoms with E-state index in [4.69, 9.17) is 0 Å². The lowest BCUT2D eigenvalue weighted by Crippen LogP contribution is -2.58. The molecule has 0 atom stereocenters. The smallest absolute Gasteiger partial charge is 0.274 e. The third kappa shape index (κ3) is 8.40. The first-order valence-electron chi connectivity index (χ1n) is 16.7. The van der Waals surface area contributed by atoms with Crippen LogP contribution in [0.1, 0.15) is 141 Å². The second kappa shape index (κ2) is 16.2. The highest BCUT2D eigenvalue weighted by atomic mass is 16.2. The minimum Gasteiger partial charge on any atom is -0.274 e. The first kappa shape index (κ1) is 32.1. The third-order valence-corrected chi connectivity index (χ3v) is 9.51. The summed E-state index contributed by atoms with van der Waals surface area (Å²) in [5.41, 5.74) is 0. The lowest BCUT2D eigenvalue weighted by molar-refractivity contribution is -0.146. The van der Waals surface area contributed by atoms with Crippen LogP contribution < -0.4 is 0 Å². The van der Waals surface area contributed by atoms with Crippen LogP contribution in [0.4, 0.5) is 9.59 Å². The molecule has 0 N–H and O–H groups in total. The summed E-state index contributed by atoms with van der Waals surface area (Å²) in [4.78, 5) is 80.8. The summed E-state index contributed by atoms with van der Waals surface area (Å²) >= 11 is 0. The van der Waals surface area contributed by atoms with Crippen LogP contribution in [0, 0.1) is 0 Å². The van der Waals surface area contributed by atoms with Crippen molar-refractivity contribution in [1.82, 2.24) is 19.6 Å². The highest BCUT2D eigenvalue weighted by Gasteiger charge is 2.42. The van der Waals surface area contributed by atoms with E-state index in [0.717, 1.165) is 128 Å². The molecular formula is C32H50N4O6. The van der Waals surface area contributed by atoms with Gasteiger partial charge in [-0.1, -0.05) is 89.9 Å². The SMILES string of the molecule is O=C1CC(=O)N(C2CCCCC2)C(=O)N1CCCCCCCCCCCCN1C(=O)CC(=O)N(C2CCCCC2)C1=O. The number of hydrogen-bond donors (Lipinski definition) is 0. The van der Waals surface area contributed by atoms with Crippen molar-refractivity contribution >= 4 is 35.7 Å². The van der Waals surface area contributed by atoms with E-state index >= 15 is 0 Å². The van der Waals surface area contributed by atoms with E-state index < -0.39 is 12.1 Å². The molecule has 0 bridgehead atoms. The molecule has 2 aliphatic heterocycles. The monoisotopic (exact) mass is 586 g/mol. The van der Waals surface area contributed by atoms with Crippen molar-refractivity contribution in [3.63, 3.8) is 0 Å². The van der Waals surface area contributed by atoms with Crippen molar-refractivity contribution in [3.8, 4) is 0 Å². The summed E-state index contributed by atoms with van der Waals surface area (Å²) in [6.45, 7) is 0.783. The molecule has 8 amide bonds. The molecule has 10 heteroatoms. The zero-order valence-electron chi connectivity index (χ0n) is 25.4. The number of urea groups is 2. The summed E-state index contributed by atoms with van der Waals surface area (Å²) in [6, 6.07) is -0.919. The van der Waals surface area contributed by atoms with Gasteiger partial charge in [0.15, 0.2) is 0 Å². The van der Waals surface area contributed by atoms with Crippen LogP contribution in [0.15, 0.2) is 0 Å². The normalized spacial score (nSPS) is 21.7. The summed E-state index contributed by atoms with van der Waals surface area (Å²) in [5, 5.41) is 0. The van der Waals surface area contributed by atoms with Gasteiger partial charge in [-0.2, -0.15) is 0 Å². The van der Waals surface area contributed by atoms with E-state index in [1.807, 2.05) is 0 Å². The first-order valence-corrected chi connectivity index (χ1v) is 16.7. The van der Waals surface area contributed by atoms with Crippen LogP contribution in [0.3, 0.4) is 0 Å². The molecule has 234 valence electrons. The molecule has 2 heterocycles. The zero-order chi connectivity index (χ0) is 29.9. The third-order valence-electron chi connectivity index (χ3n) is 9.51. The van der Waals surface area contributed by atoms with Gasteiger partial charge in [-0.15, -0.1) is 0 Å². The highest BCUT2D eigenvalue weighted by Crippen LogP contribution is 2.28. The van der Waals surface area contributed by atoms with Crippen LogP contribution in [-0.2, 0) is 19.2 Å². The molecule has 2 aliphatic carbocycles. The maximum atomic E-state index is 12.9. The van der Waals surface area contributed by atoms with Gasteiger partial charge in [-0.25, -0.2) is 9.59 Å². The Balaban J connectivity index is 1.03. The Labute approximate surface area is 250 Å². The maximum Gasteiger partial charge on any atom is 0.333 e. The van der Waals surface area contributed by atoms with E-state index in [2.05, 4.69) is 0 Å². The molecule has 42 heavy (non-hydrogen) atoms. The molecule has 0 aromatic rings. The molecule has 2 saturated heterocycles. The van der Waals surface area contributed by atoms with Crippen LogP contribution in [0.25, 0.3) is 0 Å². The average molecular weight is 587 g/mol. The van der Waals surface area contributed by atoms with Crippen LogP contribution in [0.5, 0.6) is 0 Å². The summed E-state index contributed by atoms with van der Waals surface area (Å²) in [6.07, 6.45) is 19.4. The number of unbranched alkanes of at least 4 members (excludes halogenated alkanes) is 9. The first-order chi connectivity index (χ1) is 20.4. The van der Waals surface area contributed by atoms with Crippen LogP contribution >= 0.6 is 0 Å². The van der Waals surface area contributed by atoms with Gasteiger partial charge in [0.25, 0.3) is 0 Å². The average Bonchev–Trinajstić information content (AvgIpc) is 2.97. The fourth-order valence-corrected chi connectivity index (χ4v) is 7.10. The Hall–Kier alpha value is -2.78. The number of carbonyl (C=O) groups excluding carboxylic acids is 6. The van der Waals surface area contributed by atoms with Gasteiger partial charge >= 0.3 is 12.1 Å². The highest BCUT2D eigenvalue weighted by molar-refractivity contribution is 6.15. The molecule has 0 radical (unpaired) electrons. The second-order valence-electron chi connectivity index (χ2n) is 12.7. The molecule has 4 rings (SSSR count). The fraction of sp³-hybridized carbons (Fsp3) is 0.812. The molecular weight excluding hydrogens is 536 g/mol. The van der Waals surface area contributed by atoms with E-state index in [1.54, 1.807) is 0 Å². The molecule has 2 saturated carbocycles. The number of barbiturate groups is 2. The van der Waals surface area contributed by atoms with E-state index in [0.29, 0.717) is 13.1 Å². The van der Waals surface area contributed by atoms with Crippen molar-refractivity contribution < 1.29 is 28.8 Å². The Kier molecular flexibility index (Phi) is 12.4. The molecule has 10 nitrogen and oxygen atoms in total. The lowest BCUT2D eigenvalue weighted by atomic mass is 9.93. The number of hydrogen-bond acceptors (Lipinski definition) is 6. The summed E-state index contributed by atoms with van der Waals surface area (Å²) in [7, 11) is 0. The number of nitrogens with zero attached hydrogens (tertiary/aromatic N) is 4. The largest absolute Gasteiger partial charge is 0.333 e. The Morgan fingerprint density at radius 3 is 1.05 bits per heavy atom. The zero-order valence-corrected chi connectivity index (χ0v) is 25.4. The number of imide groups is 4. The van der Waals surface area contributed by atoms with Gasteiger partial charge in [0.1, 0.15) is 12.8 Å². The predicted molar refractivity (Wildman–Crippen MR) is 157 cm³/mol. The minimum absolute atomic E-state index is 0.0497. The fourth-order valence-electron chi connectivity index (χ4n) is 7.10. The van der Waals surface area contributed by atoms with Crippen molar-refractivity contribution in [1.29, 1.82) is 0 Å². The Bertz CT molecular complexity index is 909. The predicted octanol–water partition coefficient (Wildman–Crippen LogP) is 5.91. The van der Waals surface area contributed by atoms with Gasteiger partial charge in [0.2, 0.25) is 23.6 Å². The van der Waals surface area contributed by atoms with Gasteiger partial charge in [0, 0.05) is 25.2 Å². The van der Waals surface area contributed by atoms with Crippen molar-refractivity contribution in [3.05, 3.63) is 0 Å². The van der Waals surface area contributed by atoms with Gasteiger partial charge in [0.05, 0.1) is 0 Å². The Morgan fingerprint density at radius 1 is 0.405 bits per heavy atom. The molecule has 0 aromatic heterocycles.